The van der Waals surface area contributed by atoms with Gasteiger partial charge in [0.1, 0.15) is 5.82 Å². The van der Waals surface area contributed by atoms with Crippen LogP contribution in [0.15, 0.2) is 45.3 Å². The summed E-state index contributed by atoms with van der Waals surface area (Å²) in [4.78, 5) is 0. The van der Waals surface area contributed by atoms with E-state index < -0.39 is 6.04 Å². The van der Waals surface area contributed by atoms with E-state index in [0.29, 0.717) is 15.1 Å². The van der Waals surface area contributed by atoms with Crippen molar-refractivity contribution < 1.29 is 4.39 Å². The van der Waals surface area contributed by atoms with E-state index in [9.17, 15) is 4.39 Å². The van der Waals surface area contributed by atoms with E-state index in [1.165, 1.54) is 0 Å². The summed E-state index contributed by atoms with van der Waals surface area (Å²) in [6, 6.07) is 9.76. The molecule has 0 bridgehead atoms. The number of nitrogens with two attached hydrogens (primary N) is 1. The van der Waals surface area contributed by atoms with E-state index in [1.54, 1.807) is 36.4 Å². The molecule has 2 rings (SSSR count). The van der Waals surface area contributed by atoms with E-state index >= 15 is 0 Å². The molecule has 2 aromatic rings. The average molecular weight is 393 g/mol. The Morgan fingerprint density at radius 2 is 1.78 bits per heavy atom. The summed E-state index contributed by atoms with van der Waals surface area (Å²) < 4.78 is 15.2. The summed E-state index contributed by atoms with van der Waals surface area (Å²) in [5.74, 6) is -0.350. The lowest BCUT2D eigenvalue weighted by atomic mass is 9.99. The highest BCUT2D eigenvalue weighted by molar-refractivity contribution is 9.10. The molecule has 2 aromatic carbocycles. The van der Waals surface area contributed by atoms with Crippen molar-refractivity contribution >= 4 is 43.5 Å². The zero-order valence-electron chi connectivity index (χ0n) is 9.13. The summed E-state index contributed by atoms with van der Waals surface area (Å²) in [5.41, 5.74) is 7.28. The van der Waals surface area contributed by atoms with Crippen molar-refractivity contribution in [1.29, 1.82) is 0 Å². The van der Waals surface area contributed by atoms with Crippen molar-refractivity contribution in [1.82, 2.24) is 0 Å². The Hall–Kier alpha value is -0.420. The van der Waals surface area contributed by atoms with Gasteiger partial charge in [0.15, 0.2) is 0 Å². The molecule has 2 N–H and O–H groups in total. The van der Waals surface area contributed by atoms with Gasteiger partial charge in [0.25, 0.3) is 0 Å². The molecule has 0 radical (unpaired) electrons. The SMILES string of the molecule is NC(c1cc(Cl)ccc1Br)c1cccc(Br)c1F. The highest BCUT2D eigenvalue weighted by atomic mass is 79.9. The van der Waals surface area contributed by atoms with Crippen LogP contribution in [0.25, 0.3) is 0 Å². The summed E-state index contributed by atoms with van der Waals surface area (Å²) in [6.07, 6.45) is 0. The smallest absolute Gasteiger partial charge is 0.142 e. The second kappa shape index (κ2) is 5.70. The Morgan fingerprint density at radius 1 is 1.06 bits per heavy atom. The van der Waals surface area contributed by atoms with Crippen LogP contribution in [0.4, 0.5) is 4.39 Å². The minimum Gasteiger partial charge on any atom is -0.320 e. The maximum Gasteiger partial charge on any atom is 0.142 e. The fourth-order valence-corrected chi connectivity index (χ4v) is 2.74. The summed E-state index contributed by atoms with van der Waals surface area (Å²) in [6.45, 7) is 0. The van der Waals surface area contributed by atoms with E-state index in [0.717, 1.165) is 10.0 Å². The minimum atomic E-state index is -0.574. The zero-order chi connectivity index (χ0) is 13.3. The van der Waals surface area contributed by atoms with Crippen molar-refractivity contribution in [2.45, 2.75) is 6.04 Å². The molecule has 0 fully saturated rings. The van der Waals surface area contributed by atoms with Crippen LogP contribution in [0.3, 0.4) is 0 Å². The van der Waals surface area contributed by atoms with Gasteiger partial charge in [-0.1, -0.05) is 39.7 Å². The van der Waals surface area contributed by atoms with Crippen LogP contribution in [-0.4, -0.2) is 0 Å². The molecule has 0 heterocycles. The molecule has 1 unspecified atom stereocenters. The molecule has 0 amide bonds. The van der Waals surface area contributed by atoms with E-state index in [1.807, 2.05) is 0 Å². The van der Waals surface area contributed by atoms with Gasteiger partial charge in [-0.05, 0) is 45.8 Å². The molecule has 0 saturated carbocycles. The van der Waals surface area contributed by atoms with Gasteiger partial charge in [0.2, 0.25) is 0 Å². The van der Waals surface area contributed by atoms with Crippen LogP contribution in [0.1, 0.15) is 17.2 Å². The van der Waals surface area contributed by atoms with Crippen molar-refractivity contribution in [2.24, 2.45) is 5.73 Å². The first-order chi connectivity index (χ1) is 8.50. The highest BCUT2D eigenvalue weighted by Crippen LogP contribution is 2.32. The third-order valence-corrected chi connectivity index (χ3v) is 4.18. The lowest BCUT2D eigenvalue weighted by molar-refractivity contribution is 0.593. The minimum absolute atomic E-state index is 0.350. The molecule has 1 atom stereocenters. The second-order valence-corrected chi connectivity index (χ2v) is 5.93. The van der Waals surface area contributed by atoms with Crippen LogP contribution in [0.2, 0.25) is 5.02 Å². The first-order valence-corrected chi connectivity index (χ1v) is 7.11. The fourth-order valence-electron chi connectivity index (χ4n) is 1.68. The van der Waals surface area contributed by atoms with E-state index in [-0.39, 0.29) is 5.82 Å². The number of hydrogen-bond acceptors (Lipinski definition) is 1. The molecular weight excluding hydrogens is 384 g/mol. The molecule has 0 aromatic heterocycles. The largest absolute Gasteiger partial charge is 0.320 e. The van der Waals surface area contributed by atoms with Gasteiger partial charge < -0.3 is 5.73 Å². The molecule has 0 saturated heterocycles. The van der Waals surface area contributed by atoms with E-state index in [4.69, 9.17) is 17.3 Å². The fraction of sp³-hybridized carbons (Fsp3) is 0.0769. The van der Waals surface area contributed by atoms with Crippen molar-refractivity contribution in [2.75, 3.05) is 0 Å². The number of rotatable bonds is 2. The molecule has 0 spiro atoms. The maximum atomic E-state index is 14.0. The monoisotopic (exact) mass is 391 g/mol. The molecule has 94 valence electrons. The first-order valence-electron chi connectivity index (χ1n) is 5.15. The predicted molar refractivity (Wildman–Crippen MR) is 79.3 cm³/mol. The molecule has 0 aliphatic heterocycles. The normalized spacial score (nSPS) is 12.5. The predicted octanol–water partition coefficient (Wildman–Crippen LogP) is 5.05. The Kier molecular flexibility index (Phi) is 4.43. The van der Waals surface area contributed by atoms with Crippen LogP contribution in [0, 0.1) is 5.82 Å². The molecular formula is C13H9Br2ClFN. The quantitative estimate of drug-likeness (QED) is 0.759. The van der Waals surface area contributed by atoms with Gasteiger partial charge >= 0.3 is 0 Å². The zero-order valence-corrected chi connectivity index (χ0v) is 13.1. The Morgan fingerprint density at radius 3 is 2.50 bits per heavy atom. The van der Waals surface area contributed by atoms with Crippen molar-refractivity contribution in [3.63, 3.8) is 0 Å². The van der Waals surface area contributed by atoms with Crippen LogP contribution >= 0.6 is 43.5 Å². The maximum absolute atomic E-state index is 14.0. The third kappa shape index (κ3) is 2.77. The lowest BCUT2D eigenvalue weighted by Gasteiger charge is -2.16. The second-order valence-electron chi connectivity index (χ2n) is 3.79. The van der Waals surface area contributed by atoms with Crippen molar-refractivity contribution in [3.8, 4) is 0 Å². The molecule has 18 heavy (non-hydrogen) atoms. The topological polar surface area (TPSA) is 26.0 Å². The summed E-state index contributed by atoms with van der Waals surface area (Å²) >= 11 is 12.5. The van der Waals surface area contributed by atoms with Crippen molar-refractivity contribution in [3.05, 3.63) is 67.3 Å². The van der Waals surface area contributed by atoms with Gasteiger partial charge in [0, 0.05) is 15.1 Å². The molecule has 0 aliphatic rings. The Labute approximate surface area is 126 Å². The molecule has 0 aliphatic carbocycles. The van der Waals surface area contributed by atoms with Gasteiger partial charge in [0.05, 0.1) is 10.5 Å². The number of benzene rings is 2. The Bertz CT molecular complexity index is 587. The standard InChI is InChI=1S/C13H9Br2ClFN/c14-10-5-4-7(16)6-9(10)13(18)8-2-1-3-11(15)12(8)17/h1-6,13H,18H2. The summed E-state index contributed by atoms with van der Waals surface area (Å²) in [7, 11) is 0. The number of halogens is 4. The van der Waals surface area contributed by atoms with Crippen LogP contribution < -0.4 is 5.73 Å². The third-order valence-electron chi connectivity index (χ3n) is 2.61. The summed E-state index contributed by atoms with van der Waals surface area (Å²) in [5, 5.41) is 0.569. The molecule has 5 heteroatoms. The van der Waals surface area contributed by atoms with Crippen LogP contribution in [0.5, 0.6) is 0 Å². The molecule has 1 nitrogen and oxygen atoms in total. The van der Waals surface area contributed by atoms with Gasteiger partial charge in [-0.15, -0.1) is 0 Å². The van der Waals surface area contributed by atoms with Crippen LogP contribution in [-0.2, 0) is 0 Å². The lowest BCUT2D eigenvalue weighted by Crippen LogP contribution is -2.14. The Balaban J connectivity index is 2.51. The van der Waals surface area contributed by atoms with Gasteiger partial charge in [-0.25, -0.2) is 4.39 Å². The van der Waals surface area contributed by atoms with Gasteiger partial charge in [-0.3, -0.25) is 0 Å². The average Bonchev–Trinajstić information content (AvgIpc) is 2.35. The van der Waals surface area contributed by atoms with Gasteiger partial charge in [-0.2, -0.15) is 0 Å². The number of hydrogen-bond donors (Lipinski definition) is 1. The van der Waals surface area contributed by atoms with E-state index in [2.05, 4.69) is 31.9 Å². The first kappa shape index (κ1) is 14.0. The highest BCUT2D eigenvalue weighted by Gasteiger charge is 2.17.